The van der Waals surface area contributed by atoms with E-state index in [4.69, 9.17) is 24.4 Å². The van der Waals surface area contributed by atoms with Crippen LogP contribution in [-0.4, -0.2) is 126 Å². The van der Waals surface area contributed by atoms with Gasteiger partial charge >= 0.3 is 5.97 Å². The van der Waals surface area contributed by atoms with Gasteiger partial charge in [-0.25, -0.2) is 4.79 Å². The van der Waals surface area contributed by atoms with Gasteiger partial charge in [-0.2, -0.15) is 0 Å². The van der Waals surface area contributed by atoms with E-state index in [-0.39, 0.29) is 0 Å². The van der Waals surface area contributed by atoms with Crippen molar-refractivity contribution in [2.24, 2.45) is 0 Å². The molecule has 0 radical (unpaired) electrons. The number of carbonyl (C=O) groups is 1. The van der Waals surface area contributed by atoms with Crippen molar-refractivity contribution in [2.45, 2.75) is 67.3 Å². The molecule has 0 aromatic carbocycles. The van der Waals surface area contributed by atoms with Crippen molar-refractivity contribution in [2.75, 3.05) is 13.2 Å². The molecule has 2 heterocycles. The Labute approximate surface area is 152 Å². The number of rotatable bonds is 6. The van der Waals surface area contributed by atoms with E-state index >= 15 is 0 Å². The summed E-state index contributed by atoms with van der Waals surface area (Å²) in [7, 11) is 0. The van der Waals surface area contributed by atoms with Crippen LogP contribution in [0.25, 0.3) is 0 Å². The predicted molar refractivity (Wildman–Crippen MR) is 79.8 cm³/mol. The fourth-order valence-corrected chi connectivity index (χ4v) is 3.00. The van der Waals surface area contributed by atoms with Crippen molar-refractivity contribution < 1.29 is 65.0 Å². The summed E-state index contributed by atoms with van der Waals surface area (Å²) >= 11 is 0. The van der Waals surface area contributed by atoms with Crippen LogP contribution in [0.4, 0.5) is 0 Å². The average Bonchev–Trinajstić information content (AvgIpc) is 2.62. The molecule has 0 aliphatic carbocycles. The van der Waals surface area contributed by atoms with Crippen molar-refractivity contribution in [3.63, 3.8) is 0 Å². The maximum atomic E-state index is 11.2. The summed E-state index contributed by atoms with van der Waals surface area (Å²) in [6.07, 6.45) is -16.1. The molecule has 10 atom stereocenters. The lowest BCUT2D eigenvalue weighted by atomic mass is 9.92. The van der Waals surface area contributed by atoms with E-state index in [9.17, 15) is 40.5 Å². The van der Waals surface area contributed by atoms with Crippen LogP contribution in [0, 0.1) is 0 Å². The molecular weight excluding hydrogens is 376 g/mol. The standard InChI is InChI=1S/C14H24O13/c15-2-5(18)11-10(4(17)1-14(24,27-11)13(22)23)26-12-9(21)8(20)7(19)6(3-16)25-12/h4-12,15-21,24H,1-3H2,(H,22,23)/t4-,5-,6-,7-,8+,9-,10-,11-,12-,14-/m1/s1. The maximum absolute atomic E-state index is 11.2. The van der Waals surface area contributed by atoms with Gasteiger partial charge in [-0.1, -0.05) is 0 Å². The molecule has 0 bridgehead atoms. The van der Waals surface area contributed by atoms with E-state index in [1.54, 1.807) is 0 Å². The molecule has 0 amide bonds. The van der Waals surface area contributed by atoms with Gasteiger partial charge in [-0.3, -0.25) is 0 Å². The molecule has 2 fully saturated rings. The van der Waals surface area contributed by atoms with Crippen LogP contribution in [0.2, 0.25) is 0 Å². The predicted octanol–water partition coefficient (Wildman–Crippen LogP) is -5.55. The largest absolute Gasteiger partial charge is 0.477 e. The first-order chi connectivity index (χ1) is 12.6. The summed E-state index contributed by atoms with van der Waals surface area (Å²) in [6, 6.07) is 0. The number of aliphatic carboxylic acids is 1. The van der Waals surface area contributed by atoms with Crippen molar-refractivity contribution in [1.29, 1.82) is 0 Å². The maximum Gasteiger partial charge on any atom is 0.364 e. The third kappa shape index (κ3) is 4.38. The van der Waals surface area contributed by atoms with Crippen molar-refractivity contribution in [3.8, 4) is 0 Å². The first-order valence-electron chi connectivity index (χ1n) is 8.12. The molecule has 0 aromatic rings. The molecule has 27 heavy (non-hydrogen) atoms. The molecule has 0 aromatic heterocycles. The van der Waals surface area contributed by atoms with Gasteiger partial charge in [0.1, 0.15) is 42.7 Å². The zero-order valence-corrected chi connectivity index (χ0v) is 14.0. The number of aliphatic hydroxyl groups is 8. The molecule has 2 saturated heterocycles. The number of ether oxygens (including phenoxy) is 3. The average molecular weight is 400 g/mol. The number of hydrogen-bond donors (Lipinski definition) is 9. The van der Waals surface area contributed by atoms with Crippen molar-refractivity contribution >= 4 is 5.97 Å². The van der Waals surface area contributed by atoms with Gasteiger partial charge in [0.15, 0.2) is 6.29 Å². The highest BCUT2D eigenvalue weighted by molar-refractivity contribution is 5.75. The van der Waals surface area contributed by atoms with E-state index in [0.717, 1.165) is 0 Å². The van der Waals surface area contributed by atoms with Crippen LogP contribution in [0.15, 0.2) is 0 Å². The number of carboxylic acids is 1. The van der Waals surface area contributed by atoms with Gasteiger partial charge in [0, 0.05) is 6.42 Å². The van der Waals surface area contributed by atoms with Crippen LogP contribution in [0.5, 0.6) is 0 Å². The monoisotopic (exact) mass is 400 g/mol. The molecule has 0 saturated carbocycles. The molecule has 0 unspecified atom stereocenters. The Bertz CT molecular complexity index is 515. The van der Waals surface area contributed by atoms with Crippen LogP contribution in [-0.2, 0) is 19.0 Å². The molecule has 13 heteroatoms. The molecular formula is C14H24O13. The zero-order valence-electron chi connectivity index (χ0n) is 14.0. The van der Waals surface area contributed by atoms with Gasteiger partial charge in [-0.05, 0) is 0 Å². The second-order valence-corrected chi connectivity index (χ2v) is 6.49. The molecule has 2 aliphatic heterocycles. The Kier molecular flexibility index (Phi) is 7.10. The minimum absolute atomic E-state index is 0.740. The Balaban J connectivity index is 2.23. The van der Waals surface area contributed by atoms with E-state index in [2.05, 4.69) is 0 Å². The second kappa shape index (κ2) is 8.59. The molecule has 9 N–H and O–H groups in total. The lowest BCUT2D eigenvalue weighted by Crippen LogP contribution is -2.65. The third-order valence-corrected chi connectivity index (χ3v) is 4.56. The number of hydrogen-bond acceptors (Lipinski definition) is 12. The minimum Gasteiger partial charge on any atom is -0.477 e. The topological polar surface area (TPSA) is 227 Å². The van der Waals surface area contributed by atoms with Crippen LogP contribution in [0.1, 0.15) is 6.42 Å². The first-order valence-corrected chi connectivity index (χ1v) is 8.12. The smallest absolute Gasteiger partial charge is 0.364 e. The van der Waals surface area contributed by atoms with Gasteiger partial charge < -0.3 is 60.2 Å². The van der Waals surface area contributed by atoms with E-state index in [1.807, 2.05) is 0 Å². The molecule has 2 rings (SSSR count). The SMILES string of the molecule is O=C(O)[C@@]1(O)C[C@@H](O)[C@@H](O[C@H]2O[C@H](CO)[C@@H](O)[C@H](O)[C@H]2O)[C@@H]([C@H](O)CO)O1. The normalized spacial score (nSPS) is 46.8. The fraction of sp³-hybridized carbons (Fsp3) is 0.929. The molecule has 158 valence electrons. The Morgan fingerprint density at radius 3 is 2.30 bits per heavy atom. The lowest BCUT2D eigenvalue weighted by molar-refractivity contribution is -0.360. The summed E-state index contributed by atoms with van der Waals surface area (Å²) in [4.78, 5) is 11.2. The highest BCUT2D eigenvalue weighted by Gasteiger charge is 2.55. The van der Waals surface area contributed by atoms with Gasteiger partial charge in [-0.15, -0.1) is 0 Å². The summed E-state index contributed by atoms with van der Waals surface area (Å²) in [6.45, 7) is -1.68. The van der Waals surface area contributed by atoms with Crippen LogP contribution < -0.4 is 0 Å². The number of carboxylic acid groups (broad SMARTS) is 1. The summed E-state index contributed by atoms with van der Waals surface area (Å²) in [5.74, 6) is -4.71. The highest BCUT2D eigenvalue weighted by Crippen LogP contribution is 2.33. The van der Waals surface area contributed by atoms with Crippen molar-refractivity contribution in [3.05, 3.63) is 0 Å². The van der Waals surface area contributed by atoms with E-state index in [0.29, 0.717) is 0 Å². The van der Waals surface area contributed by atoms with Crippen LogP contribution >= 0.6 is 0 Å². The Morgan fingerprint density at radius 1 is 1.15 bits per heavy atom. The summed E-state index contributed by atoms with van der Waals surface area (Å²) < 4.78 is 15.3. The highest BCUT2D eigenvalue weighted by atomic mass is 16.7. The quantitative estimate of drug-likeness (QED) is 0.203. The van der Waals surface area contributed by atoms with Gasteiger partial charge in [0.2, 0.25) is 0 Å². The van der Waals surface area contributed by atoms with E-state index < -0.39 is 86.5 Å². The first kappa shape index (κ1) is 22.3. The Hall–Kier alpha value is -0.970. The third-order valence-electron chi connectivity index (χ3n) is 4.56. The van der Waals surface area contributed by atoms with Gasteiger partial charge in [0.05, 0.1) is 19.3 Å². The molecule has 13 nitrogen and oxygen atoms in total. The second-order valence-electron chi connectivity index (χ2n) is 6.49. The summed E-state index contributed by atoms with van der Waals surface area (Å²) in [5, 5.41) is 86.9. The number of aliphatic hydroxyl groups excluding tert-OH is 7. The fourth-order valence-electron chi connectivity index (χ4n) is 3.00. The van der Waals surface area contributed by atoms with E-state index in [1.165, 1.54) is 0 Å². The summed E-state index contributed by atoms with van der Waals surface area (Å²) in [5.41, 5.74) is 0. The molecule has 2 aliphatic rings. The van der Waals surface area contributed by atoms with Crippen LogP contribution in [0.3, 0.4) is 0 Å². The Morgan fingerprint density at radius 2 is 1.78 bits per heavy atom. The minimum atomic E-state index is -2.87. The zero-order chi connectivity index (χ0) is 20.5. The van der Waals surface area contributed by atoms with Crippen molar-refractivity contribution in [1.82, 2.24) is 0 Å². The molecule has 0 spiro atoms. The van der Waals surface area contributed by atoms with Gasteiger partial charge in [0.25, 0.3) is 5.79 Å². The lowest BCUT2D eigenvalue weighted by Gasteiger charge is -2.46.